The normalized spacial score (nSPS) is 19.8. The molecule has 0 bridgehead atoms. The van der Waals surface area contributed by atoms with E-state index in [1.54, 1.807) is 12.1 Å². The van der Waals surface area contributed by atoms with Gasteiger partial charge in [-0.3, -0.25) is 0 Å². The molecule has 1 aromatic rings. The average molecular weight is 233 g/mol. The van der Waals surface area contributed by atoms with Crippen LogP contribution in [0.15, 0.2) is 24.3 Å². The second-order valence-electron chi connectivity index (χ2n) is 5.17. The zero-order valence-electron chi connectivity index (χ0n) is 10.7. The Bertz CT molecular complexity index is 325. The van der Waals surface area contributed by atoms with Gasteiger partial charge in [-0.1, -0.05) is 37.8 Å². The van der Waals surface area contributed by atoms with E-state index in [9.17, 15) is 5.11 Å². The van der Waals surface area contributed by atoms with E-state index >= 15 is 0 Å². The van der Waals surface area contributed by atoms with Gasteiger partial charge in [-0.2, -0.15) is 0 Å². The van der Waals surface area contributed by atoms with Crippen LogP contribution in [-0.4, -0.2) is 11.1 Å². The molecule has 17 heavy (non-hydrogen) atoms. The van der Waals surface area contributed by atoms with Crippen molar-refractivity contribution in [3.8, 4) is 5.75 Å². The highest BCUT2D eigenvalue weighted by atomic mass is 16.3. The molecule has 2 nitrogen and oxygen atoms in total. The largest absolute Gasteiger partial charge is 0.508 e. The minimum atomic E-state index is 0.343. The van der Waals surface area contributed by atoms with Crippen LogP contribution < -0.4 is 5.32 Å². The van der Waals surface area contributed by atoms with Crippen molar-refractivity contribution in [1.82, 2.24) is 5.32 Å². The van der Waals surface area contributed by atoms with Crippen LogP contribution in [0.3, 0.4) is 0 Å². The molecule has 0 amide bonds. The van der Waals surface area contributed by atoms with Gasteiger partial charge in [-0.15, -0.1) is 0 Å². The molecule has 1 atom stereocenters. The maximum absolute atomic E-state index is 9.28. The molecule has 2 rings (SSSR count). The summed E-state index contributed by atoms with van der Waals surface area (Å²) in [5, 5.41) is 13.0. The lowest BCUT2D eigenvalue weighted by atomic mass is 10.0. The van der Waals surface area contributed by atoms with E-state index in [-0.39, 0.29) is 0 Å². The van der Waals surface area contributed by atoms with Crippen molar-refractivity contribution < 1.29 is 5.11 Å². The van der Waals surface area contributed by atoms with Crippen molar-refractivity contribution in [2.75, 3.05) is 0 Å². The standard InChI is InChI=1S/C15H23NO/c1-12(13-8-10-15(17)11-9-13)16-14-6-4-2-3-5-7-14/h8-12,14,16-17H,2-7H2,1H3. The highest BCUT2D eigenvalue weighted by molar-refractivity contribution is 5.27. The highest BCUT2D eigenvalue weighted by Crippen LogP contribution is 2.22. The third kappa shape index (κ3) is 3.74. The number of hydrogen-bond acceptors (Lipinski definition) is 2. The Labute approximate surface area is 104 Å². The van der Waals surface area contributed by atoms with Crippen LogP contribution in [0.5, 0.6) is 5.75 Å². The Balaban J connectivity index is 1.91. The van der Waals surface area contributed by atoms with Crippen LogP contribution in [0.4, 0.5) is 0 Å². The third-order valence-corrected chi connectivity index (χ3v) is 3.73. The summed E-state index contributed by atoms with van der Waals surface area (Å²) in [5.41, 5.74) is 1.26. The minimum absolute atomic E-state index is 0.343. The molecule has 2 heteroatoms. The molecule has 2 N–H and O–H groups in total. The molecule has 0 spiro atoms. The molecule has 1 fully saturated rings. The first-order valence-electron chi connectivity index (χ1n) is 6.80. The van der Waals surface area contributed by atoms with Crippen LogP contribution >= 0.6 is 0 Å². The monoisotopic (exact) mass is 233 g/mol. The molecular weight excluding hydrogens is 210 g/mol. The number of phenolic OH excluding ortho intramolecular Hbond substituents is 1. The lowest BCUT2D eigenvalue weighted by Gasteiger charge is -2.22. The van der Waals surface area contributed by atoms with Crippen LogP contribution in [-0.2, 0) is 0 Å². The molecule has 1 aromatic carbocycles. The Morgan fingerprint density at radius 1 is 1.06 bits per heavy atom. The van der Waals surface area contributed by atoms with Crippen LogP contribution in [0.1, 0.15) is 57.1 Å². The lowest BCUT2D eigenvalue weighted by molar-refractivity contribution is 0.413. The second-order valence-corrected chi connectivity index (χ2v) is 5.17. The van der Waals surface area contributed by atoms with E-state index in [0.717, 1.165) is 0 Å². The molecule has 0 radical (unpaired) electrons. The van der Waals surface area contributed by atoms with Crippen molar-refractivity contribution >= 4 is 0 Å². The Morgan fingerprint density at radius 2 is 1.65 bits per heavy atom. The molecular formula is C15H23NO. The van der Waals surface area contributed by atoms with Crippen molar-refractivity contribution in [2.24, 2.45) is 0 Å². The number of rotatable bonds is 3. The molecule has 94 valence electrons. The number of phenols is 1. The minimum Gasteiger partial charge on any atom is -0.508 e. The van der Waals surface area contributed by atoms with Gasteiger partial charge < -0.3 is 10.4 Å². The van der Waals surface area contributed by atoms with Crippen molar-refractivity contribution in [1.29, 1.82) is 0 Å². The first-order chi connectivity index (χ1) is 8.25. The average Bonchev–Trinajstić information content (AvgIpc) is 2.58. The smallest absolute Gasteiger partial charge is 0.115 e. The lowest BCUT2D eigenvalue weighted by Crippen LogP contribution is -2.30. The third-order valence-electron chi connectivity index (χ3n) is 3.73. The summed E-state index contributed by atoms with van der Waals surface area (Å²) >= 11 is 0. The summed E-state index contributed by atoms with van der Waals surface area (Å²) in [4.78, 5) is 0. The zero-order chi connectivity index (χ0) is 12.1. The van der Waals surface area contributed by atoms with Crippen molar-refractivity contribution in [3.63, 3.8) is 0 Å². The predicted octanol–water partition coefficient (Wildman–Crippen LogP) is 3.77. The van der Waals surface area contributed by atoms with Gasteiger partial charge in [-0.05, 0) is 37.5 Å². The van der Waals surface area contributed by atoms with Crippen LogP contribution in [0.25, 0.3) is 0 Å². The molecule has 0 aliphatic heterocycles. The fourth-order valence-corrected chi connectivity index (χ4v) is 2.66. The second kappa shape index (κ2) is 6.06. The number of hydrogen-bond donors (Lipinski definition) is 2. The summed E-state index contributed by atoms with van der Waals surface area (Å²) < 4.78 is 0. The van der Waals surface area contributed by atoms with Gasteiger partial charge in [0.15, 0.2) is 0 Å². The van der Waals surface area contributed by atoms with Gasteiger partial charge in [0.05, 0.1) is 0 Å². The number of benzene rings is 1. The first-order valence-corrected chi connectivity index (χ1v) is 6.80. The van der Waals surface area contributed by atoms with E-state index in [1.165, 1.54) is 44.1 Å². The van der Waals surface area contributed by atoms with E-state index < -0.39 is 0 Å². The predicted molar refractivity (Wildman–Crippen MR) is 71.1 cm³/mol. The topological polar surface area (TPSA) is 32.3 Å². The van der Waals surface area contributed by atoms with E-state index in [0.29, 0.717) is 17.8 Å². The molecule has 1 aliphatic carbocycles. The van der Waals surface area contributed by atoms with E-state index in [2.05, 4.69) is 12.2 Å². The number of aromatic hydroxyl groups is 1. The molecule has 0 aromatic heterocycles. The fourth-order valence-electron chi connectivity index (χ4n) is 2.66. The first kappa shape index (κ1) is 12.4. The highest BCUT2D eigenvalue weighted by Gasteiger charge is 2.15. The maximum atomic E-state index is 9.28. The Morgan fingerprint density at radius 3 is 2.24 bits per heavy atom. The maximum Gasteiger partial charge on any atom is 0.115 e. The molecule has 0 heterocycles. The Hall–Kier alpha value is -1.02. The van der Waals surface area contributed by atoms with Gasteiger partial charge >= 0.3 is 0 Å². The SMILES string of the molecule is CC(NC1CCCCCC1)c1ccc(O)cc1. The summed E-state index contributed by atoms with van der Waals surface area (Å²) in [7, 11) is 0. The van der Waals surface area contributed by atoms with Crippen molar-refractivity contribution in [3.05, 3.63) is 29.8 Å². The van der Waals surface area contributed by atoms with Gasteiger partial charge in [0, 0.05) is 12.1 Å². The summed E-state index contributed by atoms with van der Waals surface area (Å²) in [6, 6.07) is 8.58. The summed E-state index contributed by atoms with van der Waals surface area (Å²) in [6.45, 7) is 2.21. The van der Waals surface area contributed by atoms with Crippen molar-refractivity contribution in [2.45, 2.75) is 57.5 Å². The summed E-state index contributed by atoms with van der Waals surface area (Å²) in [6.07, 6.45) is 8.13. The number of nitrogens with one attached hydrogen (secondary N) is 1. The molecule has 1 saturated carbocycles. The van der Waals surface area contributed by atoms with Gasteiger partial charge in [0.1, 0.15) is 5.75 Å². The molecule has 0 saturated heterocycles. The zero-order valence-corrected chi connectivity index (χ0v) is 10.7. The van der Waals surface area contributed by atoms with Crippen LogP contribution in [0.2, 0.25) is 0 Å². The van der Waals surface area contributed by atoms with Crippen LogP contribution in [0, 0.1) is 0 Å². The summed E-state index contributed by atoms with van der Waals surface area (Å²) in [5.74, 6) is 0.343. The quantitative estimate of drug-likeness (QED) is 0.779. The molecule has 1 aliphatic rings. The van der Waals surface area contributed by atoms with E-state index in [4.69, 9.17) is 0 Å². The Kier molecular flexibility index (Phi) is 4.43. The van der Waals surface area contributed by atoms with Gasteiger partial charge in [0.25, 0.3) is 0 Å². The van der Waals surface area contributed by atoms with Gasteiger partial charge in [-0.25, -0.2) is 0 Å². The molecule has 1 unspecified atom stereocenters. The van der Waals surface area contributed by atoms with Gasteiger partial charge in [0.2, 0.25) is 0 Å². The fraction of sp³-hybridized carbons (Fsp3) is 0.600. The van der Waals surface area contributed by atoms with E-state index in [1.807, 2.05) is 12.1 Å².